The fraction of sp³-hybridized carbons (Fsp3) is 0.381. The Morgan fingerprint density at radius 2 is 1.83 bits per heavy atom. The van der Waals surface area contributed by atoms with Crippen molar-refractivity contribution in [1.82, 2.24) is 10.3 Å². The number of nitrogens with zero attached hydrogens (tertiary/aromatic N) is 1. The van der Waals surface area contributed by atoms with E-state index in [9.17, 15) is 14.0 Å². The first-order chi connectivity index (χ1) is 14.4. The maximum absolute atomic E-state index is 13.0. The predicted molar refractivity (Wildman–Crippen MR) is 115 cm³/mol. The van der Waals surface area contributed by atoms with Crippen LogP contribution in [0.4, 0.5) is 15.9 Å². The van der Waals surface area contributed by atoms with Gasteiger partial charge in [0.25, 0.3) is 5.91 Å². The molecule has 2 saturated carbocycles. The van der Waals surface area contributed by atoms with Gasteiger partial charge in [0.05, 0.1) is 21.5 Å². The summed E-state index contributed by atoms with van der Waals surface area (Å²) in [6.45, 7) is 1.59. The van der Waals surface area contributed by atoms with Gasteiger partial charge in [-0.15, -0.1) is 0 Å². The van der Waals surface area contributed by atoms with E-state index in [0.717, 1.165) is 18.0 Å². The van der Waals surface area contributed by atoms with E-state index in [-0.39, 0.29) is 27.8 Å². The van der Waals surface area contributed by atoms with Gasteiger partial charge in [0.1, 0.15) is 12.0 Å². The molecule has 2 aliphatic carbocycles. The molecule has 6 nitrogen and oxygen atoms in total. The second-order valence-corrected chi connectivity index (χ2v) is 8.55. The summed E-state index contributed by atoms with van der Waals surface area (Å²) >= 11 is 12.7. The second kappa shape index (κ2) is 8.88. The maximum Gasteiger partial charge on any atom is 0.258 e. The fourth-order valence-electron chi connectivity index (χ4n) is 3.11. The van der Waals surface area contributed by atoms with E-state index in [0.29, 0.717) is 12.2 Å². The average molecular weight is 451 g/mol. The summed E-state index contributed by atoms with van der Waals surface area (Å²) in [4.78, 5) is 28.6. The molecular formula is C21H21Cl2FN4O2. The molecule has 4 rings (SSSR count). The van der Waals surface area contributed by atoms with E-state index >= 15 is 0 Å². The molecule has 1 heterocycles. The summed E-state index contributed by atoms with van der Waals surface area (Å²) in [6, 6.07) is 6.51. The Bertz CT molecular complexity index is 960. The fourth-order valence-corrected chi connectivity index (χ4v) is 3.82. The molecule has 2 atom stereocenters. The third kappa shape index (κ3) is 5.28. The van der Waals surface area contributed by atoms with Crippen LogP contribution < -0.4 is 16.0 Å². The molecule has 2 aliphatic rings. The molecule has 9 heteroatoms. The molecule has 2 aromatic rings. The van der Waals surface area contributed by atoms with Crippen LogP contribution in [-0.4, -0.2) is 29.5 Å². The smallest absolute Gasteiger partial charge is 0.258 e. The number of alkyl halides is 1. The highest BCUT2D eigenvalue weighted by Gasteiger charge is 2.43. The molecule has 3 N–H and O–H groups in total. The maximum atomic E-state index is 13.0. The zero-order chi connectivity index (χ0) is 21.3. The van der Waals surface area contributed by atoms with Crippen LogP contribution in [0.25, 0.3) is 0 Å². The summed E-state index contributed by atoms with van der Waals surface area (Å²) in [7, 11) is 0. The lowest BCUT2D eigenvalue weighted by atomic mass is 10.1. The van der Waals surface area contributed by atoms with Crippen molar-refractivity contribution < 1.29 is 14.0 Å². The lowest BCUT2D eigenvalue weighted by Gasteiger charge is -2.12. The van der Waals surface area contributed by atoms with Crippen molar-refractivity contribution in [1.29, 1.82) is 0 Å². The Morgan fingerprint density at radius 3 is 2.47 bits per heavy atom. The zero-order valence-electron chi connectivity index (χ0n) is 16.1. The van der Waals surface area contributed by atoms with Gasteiger partial charge in [0.2, 0.25) is 5.91 Å². The monoisotopic (exact) mass is 450 g/mol. The topological polar surface area (TPSA) is 83.1 Å². The van der Waals surface area contributed by atoms with Crippen molar-refractivity contribution in [2.24, 2.45) is 11.8 Å². The van der Waals surface area contributed by atoms with Crippen molar-refractivity contribution in [3.8, 4) is 0 Å². The van der Waals surface area contributed by atoms with Gasteiger partial charge < -0.3 is 16.0 Å². The summed E-state index contributed by atoms with van der Waals surface area (Å²) in [5.41, 5.74) is 1.48. The van der Waals surface area contributed by atoms with Gasteiger partial charge in [-0.05, 0) is 55.5 Å². The Morgan fingerprint density at radius 1 is 1.13 bits per heavy atom. The minimum atomic E-state index is -1.09. The molecule has 30 heavy (non-hydrogen) atoms. The molecular weight excluding hydrogens is 430 g/mol. The molecule has 0 aliphatic heterocycles. The highest BCUT2D eigenvalue weighted by Crippen LogP contribution is 2.34. The molecule has 1 aromatic heterocycles. The quantitative estimate of drug-likeness (QED) is 0.555. The SMILES string of the molecule is O=C(Nc1ccnc(NC(=O)[C@H]2C[C@H]2F)c1)c1c(Cl)cc(CNCC2CC2)cc1Cl. The van der Waals surface area contributed by atoms with Crippen LogP contribution in [0.5, 0.6) is 0 Å². The third-order valence-electron chi connectivity index (χ3n) is 5.11. The van der Waals surface area contributed by atoms with Crippen LogP contribution in [-0.2, 0) is 11.3 Å². The van der Waals surface area contributed by atoms with Crippen LogP contribution in [0.2, 0.25) is 10.0 Å². The summed E-state index contributed by atoms with van der Waals surface area (Å²) in [5.74, 6) is -0.530. The Hall–Kier alpha value is -2.22. The number of hydrogen-bond acceptors (Lipinski definition) is 4. The predicted octanol–water partition coefficient (Wildman–Crippen LogP) is 4.44. The number of carbonyl (C=O) groups is 2. The zero-order valence-corrected chi connectivity index (χ0v) is 17.6. The largest absolute Gasteiger partial charge is 0.322 e. The standard InChI is InChI=1S/C21H21Cl2FN4O2/c22-15-5-12(10-25-9-11-1-2-11)6-16(23)19(15)21(30)27-13-3-4-26-18(7-13)28-20(29)14-8-17(14)24/h3-7,11,14,17,25H,1-2,8-10H2,(H2,26,27,28,29,30)/t14-,17+/m0/s1. The van der Waals surface area contributed by atoms with Crippen LogP contribution >= 0.6 is 23.2 Å². The molecule has 0 radical (unpaired) electrons. The number of carbonyl (C=O) groups excluding carboxylic acids is 2. The first kappa shape index (κ1) is 21.0. The van der Waals surface area contributed by atoms with Crippen LogP contribution in [0.3, 0.4) is 0 Å². The van der Waals surface area contributed by atoms with Gasteiger partial charge in [-0.1, -0.05) is 23.2 Å². The highest BCUT2D eigenvalue weighted by molar-refractivity contribution is 6.40. The molecule has 0 spiro atoms. The van der Waals surface area contributed by atoms with Gasteiger partial charge in [0.15, 0.2) is 0 Å². The van der Waals surface area contributed by atoms with Crippen molar-refractivity contribution in [2.75, 3.05) is 17.2 Å². The third-order valence-corrected chi connectivity index (χ3v) is 5.70. The van der Waals surface area contributed by atoms with Gasteiger partial charge in [-0.2, -0.15) is 0 Å². The molecule has 158 valence electrons. The van der Waals surface area contributed by atoms with E-state index in [1.807, 2.05) is 0 Å². The van der Waals surface area contributed by atoms with E-state index in [1.165, 1.54) is 25.1 Å². The van der Waals surface area contributed by atoms with E-state index < -0.39 is 23.9 Å². The molecule has 2 amide bonds. The number of anilines is 2. The molecule has 2 fully saturated rings. The number of hydrogen-bond donors (Lipinski definition) is 3. The van der Waals surface area contributed by atoms with E-state index in [4.69, 9.17) is 23.2 Å². The van der Waals surface area contributed by atoms with E-state index in [2.05, 4.69) is 20.9 Å². The van der Waals surface area contributed by atoms with Crippen LogP contribution in [0, 0.1) is 11.8 Å². The lowest BCUT2D eigenvalue weighted by molar-refractivity contribution is -0.117. The number of aromatic nitrogens is 1. The van der Waals surface area contributed by atoms with Gasteiger partial charge >= 0.3 is 0 Å². The van der Waals surface area contributed by atoms with Gasteiger partial charge in [-0.3, -0.25) is 9.59 Å². The Labute approximate surface area is 183 Å². The summed E-state index contributed by atoms with van der Waals surface area (Å²) < 4.78 is 13.0. The van der Waals surface area contributed by atoms with Crippen molar-refractivity contribution in [2.45, 2.75) is 32.0 Å². The summed E-state index contributed by atoms with van der Waals surface area (Å²) in [5, 5.41) is 9.13. The van der Waals surface area contributed by atoms with Gasteiger partial charge in [-0.25, -0.2) is 9.37 Å². The molecule has 0 unspecified atom stereocenters. The van der Waals surface area contributed by atoms with Gasteiger partial charge in [0, 0.05) is 24.5 Å². The van der Waals surface area contributed by atoms with Crippen LogP contribution in [0.1, 0.15) is 35.2 Å². The molecule has 0 bridgehead atoms. The van der Waals surface area contributed by atoms with Crippen molar-refractivity contribution in [3.05, 3.63) is 51.6 Å². The highest BCUT2D eigenvalue weighted by atomic mass is 35.5. The minimum Gasteiger partial charge on any atom is -0.322 e. The van der Waals surface area contributed by atoms with Crippen molar-refractivity contribution in [3.63, 3.8) is 0 Å². The first-order valence-corrected chi connectivity index (χ1v) is 10.6. The lowest BCUT2D eigenvalue weighted by Crippen LogP contribution is -2.18. The second-order valence-electron chi connectivity index (χ2n) is 7.74. The molecule has 0 saturated heterocycles. The summed E-state index contributed by atoms with van der Waals surface area (Å²) in [6.07, 6.45) is 3.11. The van der Waals surface area contributed by atoms with E-state index in [1.54, 1.807) is 18.2 Å². The average Bonchev–Trinajstić information content (AvgIpc) is 3.59. The normalized spacial score (nSPS) is 20.0. The number of halogens is 3. The number of benzene rings is 1. The number of amides is 2. The number of nitrogens with one attached hydrogen (secondary N) is 3. The van der Waals surface area contributed by atoms with Crippen LogP contribution in [0.15, 0.2) is 30.5 Å². The Balaban J connectivity index is 1.40. The van der Waals surface area contributed by atoms with Crippen molar-refractivity contribution >= 4 is 46.5 Å². The number of pyridine rings is 1. The molecule has 1 aromatic carbocycles. The Kier molecular flexibility index (Phi) is 6.22. The minimum absolute atomic E-state index is 0.171. The first-order valence-electron chi connectivity index (χ1n) is 9.81. The number of rotatable bonds is 8.